The van der Waals surface area contributed by atoms with Crippen LogP contribution in [0.2, 0.25) is 0 Å². The summed E-state index contributed by atoms with van der Waals surface area (Å²) < 4.78 is 18.5. The van der Waals surface area contributed by atoms with Gasteiger partial charge in [-0.15, -0.1) is 0 Å². The van der Waals surface area contributed by atoms with Gasteiger partial charge in [0.25, 0.3) is 5.91 Å². The van der Waals surface area contributed by atoms with Crippen LogP contribution in [0.5, 0.6) is 5.75 Å². The lowest BCUT2D eigenvalue weighted by molar-refractivity contribution is 0.102. The summed E-state index contributed by atoms with van der Waals surface area (Å²) in [7, 11) is 0. The molecule has 2 rings (SSSR count). The number of amides is 1. The lowest BCUT2D eigenvalue weighted by Gasteiger charge is -2.13. The van der Waals surface area contributed by atoms with Gasteiger partial charge in [-0.2, -0.15) is 0 Å². The summed E-state index contributed by atoms with van der Waals surface area (Å²) >= 11 is 0. The Morgan fingerprint density at radius 1 is 1.14 bits per heavy atom. The maximum Gasteiger partial charge on any atom is 0.259 e. The van der Waals surface area contributed by atoms with Crippen molar-refractivity contribution < 1.29 is 13.9 Å². The molecule has 0 heterocycles. The van der Waals surface area contributed by atoms with Crippen LogP contribution >= 0.6 is 0 Å². The highest BCUT2D eigenvalue weighted by molar-refractivity contribution is 6.06. The zero-order valence-electron chi connectivity index (χ0n) is 12.1. The van der Waals surface area contributed by atoms with Crippen molar-refractivity contribution in [1.82, 2.24) is 0 Å². The number of para-hydroxylation sites is 1. The molecule has 2 aromatic rings. The van der Waals surface area contributed by atoms with Gasteiger partial charge in [0.15, 0.2) is 0 Å². The molecule has 0 aliphatic carbocycles. The number of benzene rings is 2. The van der Waals surface area contributed by atoms with Crippen LogP contribution in [0.15, 0.2) is 48.5 Å². The largest absolute Gasteiger partial charge is 0.492 e. The van der Waals surface area contributed by atoms with Crippen LogP contribution in [-0.4, -0.2) is 12.5 Å². The number of ether oxygens (including phenoxy) is 1. The molecule has 4 heteroatoms. The van der Waals surface area contributed by atoms with E-state index < -0.39 is 0 Å². The summed E-state index contributed by atoms with van der Waals surface area (Å²) in [6, 6.07) is 12.7. The van der Waals surface area contributed by atoms with Crippen LogP contribution in [-0.2, 0) is 0 Å². The molecule has 0 saturated carbocycles. The molecule has 21 heavy (non-hydrogen) atoms. The average molecular weight is 287 g/mol. The summed E-state index contributed by atoms with van der Waals surface area (Å²) in [5, 5.41) is 2.73. The zero-order valence-corrected chi connectivity index (χ0v) is 12.1. The molecule has 0 unspecified atom stereocenters. The monoisotopic (exact) mass is 287 g/mol. The van der Waals surface area contributed by atoms with Gasteiger partial charge >= 0.3 is 0 Å². The minimum absolute atomic E-state index is 0.277. The maximum absolute atomic E-state index is 12.9. The third kappa shape index (κ3) is 4.31. The van der Waals surface area contributed by atoms with Gasteiger partial charge < -0.3 is 10.1 Å². The second-order valence-corrected chi connectivity index (χ2v) is 5.16. The van der Waals surface area contributed by atoms with E-state index in [1.165, 1.54) is 24.3 Å². The zero-order chi connectivity index (χ0) is 15.2. The Morgan fingerprint density at radius 3 is 2.48 bits per heavy atom. The van der Waals surface area contributed by atoms with E-state index in [4.69, 9.17) is 4.74 Å². The fourth-order valence-electron chi connectivity index (χ4n) is 1.77. The minimum Gasteiger partial charge on any atom is -0.492 e. The molecule has 0 bridgehead atoms. The SMILES string of the molecule is CC(C)COc1ccccc1C(=O)Nc1ccc(F)cc1. The first-order valence-electron chi connectivity index (χ1n) is 6.85. The first-order valence-corrected chi connectivity index (χ1v) is 6.85. The molecule has 1 N–H and O–H groups in total. The molecule has 0 saturated heterocycles. The maximum atomic E-state index is 12.9. The van der Waals surface area contributed by atoms with Gasteiger partial charge in [0.1, 0.15) is 11.6 Å². The molecule has 1 amide bonds. The highest BCUT2D eigenvalue weighted by Crippen LogP contribution is 2.20. The van der Waals surface area contributed by atoms with Crippen molar-refractivity contribution in [3.05, 3.63) is 59.9 Å². The van der Waals surface area contributed by atoms with Crippen molar-refractivity contribution in [3.63, 3.8) is 0 Å². The number of hydrogen-bond acceptors (Lipinski definition) is 2. The van der Waals surface area contributed by atoms with Crippen molar-refractivity contribution in [1.29, 1.82) is 0 Å². The van der Waals surface area contributed by atoms with Gasteiger partial charge in [0.2, 0.25) is 0 Å². The van der Waals surface area contributed by atoms with E-state index in [9.17, 15) is 9.18 Å². The molecule has 0 aliphatic rings. The Hall–Kier alpha value is -2.36. The summed E-state index contributed by atoms with van der Waals surface area (Å²) in [6.45, 7) is 4.63. The third-order valence-electron chi connectivity index (χ3n) is 2.81. The fourth-order valence-corrected chi connectivity index (χ4v) is 1.77. The van der Waals surface area contributed by atoms with Crippen LogP contribution < -0.4 is 10.1 Å². The first-order chi connectivity index (χ1) is 10.1. The molecule has 110 valence electrons. The number of carbonyl (C=O) groups is 1. The smallest absolute Gasteiger partial charge is 0.259 e. The molecule has 0 radical (unpaired) electrons. The average Bonchev–Trinajstić information content (AvgIpc) is 2.47. The Balaban J connectivity index is 2.13. The van der Waals surface area contributed by atoms with Crippen LogP contribution in [0, 0.1) is 11.7 Å². The van der Waals surface area contributed by atoms with Gasteiger partial charge in [0, 0.05) is 5.69 Å². The molecule has 0 spiro atoms. The number of hydrogen-bond donors (Lipinski definition) is 1. The predicted octanol–water partition coefficient (Wildman–Crippen LogP) is 4.11. The normalized spacial score (nSPS) is 10.5. The van der Waals surface area contributed by atoms with Gasteiger partial charge in [-0.3, -0.25) is 4.79 Å². The Morgan fingerprint density at radius 2 is 1.81 bits per heavy atom. The molecule has 2 aromatic carbocycles. The Labute approximate surface area is 123 Å². The molecule has 0 fully saturated rings. The van der Waals surface area contributed by atoms with Gasteiger partial charge in [-0.1, -0.05) is 26.0 Å². The van der Waals surface area contributed by atoms with E-state index in [0.29, 0.717) is 29.5 Å². The number of nitrogens with one attached hydrogen (secondary N) is 1. The van der Waals surface area contributed by atoms with Crippen LogP contribution in [0.25, 0.3) is 0 Å². The van der Waals surface area contributed by atoms with Crippen LogP contribution in [0.3, 0.4) is 0 Å². The van der Waals surface area contributed by atoms with Crippen molar-refractivity contribution in [2.45, 2.75) is 13.8 Å². The van der Waals surface area contributed by atoms with E-state index in [1.807, 2.05) is 19.9 Å². The second kappa shape index (κ2) is 6.88. The van der Waals surface area contributed by atoms with Crippen molar-refractivity contribution in [3.8, 4) is 5.75 Å². The highest BCUT2D eigenvalue weighted by atomic mass is 19.1. The van der Waals surface area contributed by atoms with E-state index >= 15 is 0 Å². The molecule has 0 aliphatic heterocycles. The van der Waals surface area contributed by atoms with Crippen LogP contribution in [0.1, 0.15) is 24.2 Å². The van der Waals surface area contributed by atoms with E-state index in [2.05, 4.69) is 5.32 Å². The summed E-state index contributed by atoms with van der Waals surface area (Å²) in [4.78, 5) is 12.3. The Kier molecular flexibility index (Phi) is 4.93. The molecular weight excluding hydrogens is 269 g/mol. The standard InChI is InChI=1S/C17H18FNO2/c1-12(2)11-21-16-6-4-3-5-15(16)17(20)19-14-9-7-13(18)8-10-14/h3-10,12H,11H2,1-2H3,(H,19,20). The van der Waals surface area contributed by atoms with Crippen LogP contribution in [0.4, 0.5) is 10.1 Å². The van der Waals surface area contributed by atoms with Crippen molar-refractivity contribution in [2.24, 2.45) is 5.92 Å². The second-order valence-electron chi connectivity index (χ2n) is 5.16. The fraction of sp³-hybridized carbons (Fsp3) is 0.235. The highest BCUT2D eigenvalue weighted by Gasteiger charge is 2.12. The molecular formula is C17H18FNO2. The molecule has 0 atom stereocenters. The number of anilines is 1. The van der Waals surface area contributed by atoms with E-state index in [0.717, 1.165) is 0 Å². The number of carbonyl (C=O) groups excluding carboxylic acids is 1. The van der Waals surface area contributed by atoms with E-state index in [-0.39, 0.29) is 11.7 Å². The summed E-state index contributed by atoms with van der Waals surface area (Å²) in [6.07, 6.45) is 0. The molecule has 3 nitrogen and oxygen atoms in total. The summed E-state index contributed by atoms with van der Waals surface area (Å²) in [5.74, 6) is 0.304. The number of rotatable bonds is 5. The topological polar surface area (TPSA) is 38.3 Å². The number of halogens is 1. The lowest BCUT2D eigenvalue weighted by Crippen LogP contribution is -2.15. The predicted molar refractivity (Wildman–Crippen MR) is 81.1 cm³/mol. The van der Waals surface area contributed by atoms with Gasteiger partial charge in [0.05, 0.1) is 12.2 Å². The molecule has 0 aromatic heterocycles. The van der Waals surface area contributed by atoms with Crippen molar-refractivity contribution in [2.75, 3.05) is 11.9 Å². The third-order valence-corrected chi connectivity index (χ3v) is 2.81. The van der Waals surface area contributed by atoms with E-state index in [1.54, 1.807) is 18.2 Å². The van der Waals surface area contributed by atoms with Gasteiger partial charge in [-0.25, -0.2) is 4.39 Å². The lowest BCUT2D eigenvalue weighted by atomic mass is 10.1. The summed E-state index contributed by atoms with van der Waals surface area (Å²) in [5.41, 5.74) is 1.00. The first kappa shape index (κ1) is 15.0. The quantitative estimate of drug-likeness (QED) is 0.898. The van der Waals surface area contributed by atoms with Gasteiger partial charge in [-0.05, 0) is 42.3 Å². The Bertz CT molecular complexity index is 608. The van der Waals surface area contributed by atoms with Crippen molar-refractivity contribution >= 4 is 11.6 Å². The minimum atomic E-state index is -0.339.